The molecule has 2 aromatic carbocycles. The molecule has 1 unspecified atom stereocenters. The van der Waals surface area contributed by atoms with E-state index in [1.165, 1.54) is 37.8 Å². The predicted octanol–water partition coefficient (Wildman–Crippen LogP) is 1.14. The zero-order valence-electron chi connectivity index (χ0n) is 22.3. The molecule has 3 aromatic rings. The van der Waals surface area contributed by atoms with E-state index in [1.54, 1.807) is 37.3 Å². The highest BCUT2D eigenvalue weighted by Gasteiger charge is 2.38. The van der Waals surface area contributed by atoms with Gasteiger partial charge in [0, 0.05) is 12.5 Å². The number of thiazole rings is 1. The number of carboxylic acids is 1. The Morgan fingerprint density at radius 1 is 1.07 bits per heavy atom. The molecular weight excluding hydrogens is 554 g/mol. The van der Waals surface area contributed by atoms with Gasteiger partial charge in [0.15, 0.2) is 16.3 Å². The quantitative estimate of drug-likeness (QED) is 0.336. The number of aliphatic carboxylic acids is 1. The zero-order valence-corrected chi connectivity index (χ0v) is 23.1. The Hall–Kier alpha value is -5.04. The number of hydrogen-bond acceptors (Lipinski definition) is 10. The van der Waals surface area contributed by atoms with E-state index in [2.05, 4.69) is 4.99 Å². The molecule has 1 atom stereocenters. The van der Waals surface area contributed by atoms with E-state index in [-0.39, 0.29) is 32.0 Å². The van der Waals surface area contributed by atoms with Crippen molar-refractivity contribution in [1.82, 2.24) is 4.57 Å². The lowest BCUT2D eigenvalue weighted by Crippen LogP contribution is -2.41. The number of fused-ring (bicyclic) bond motifs is 2. The molecule has 41 heavy (non-hydrogen) atoms. The van der Waals surface area contributed by atoms with Crippen molar-refractivity contribution in [2.75, 3.05) is 25.7 Å². The van der Waals surface area contributed by atoms with Crippen molar-refractivity contribution in [3.05, 3.63) is 84.5 Å². The van der Waals surface area contributed by atoms with E-state index in [0.717, 1.165) is 16.2 Å². The van der Waals surface area contributed by atoms with Gasteiger partial charge in [0.2, 0.25) is 0 Å². The molecule has 2 aliphatic heterocycles. The standard InChI is InChI=1S/C28H23N3O9S/c1-13-21(27(37)39-4)23(15-9-10-18(40-14(2)32)19(11-15)38-3)31-26(36)24(41-28(31)29-13)22-16-7-5-6-8-17(16)30(25(22)35)12-20(33)34/h5-11,23H,12H2,1-4H3,(H,33,34). The predicted molar refractivity (Wildman–Crippen MR) is 145 cm³/mol. The summed E-state index contributed by atoms with van der Waals surface area (Å²) in [5.74, 6) is -2.79. The van der Waals surface area contributed by atoms with Crippen LogP contribution in [0.15, 0.2) is 63.5 Å². The van der Waals surface area contributed by atoms with E-state index < -0.39 is 42.0 Å². The van der Waals surface area contributed by atoms with E-state index in [9.17, 15) is 29.1 Å². The van der Waals surface area contributed by atoms with Crippen LogP contribution < -0.4 is 29.3 Å². The van der Waals surface area contributed by atoms with Gasteiger partial charge in [0.1, 0.15) is 11.1 Å². The molecule has 210 valence electrons. The fourth-order valence-electron chi connectivity index (χ4n) is 4.94. The van der Waals surface area contributed by atoms with E-state index in [1.807, 2.05) is 0 Å². The maximum atomic E-state index is 14.1. The number of carbonyl (C=O) groups excluding carboxylic acids is 3. The van der Waals surface area contributed by atoms with Crippen molar-refractivity contribution < 1.29 is 38.5 Å². The maximum Gasteiger partial charge on any atom is 0.338 e. The molecule has 0 bridgehead atoms. The van der Waals surface area contributed by atoms with Gasteiger partial charge in [-0.25, -0.2) is 9.79 Å². The molecule has 3 heterocycles. The lowest BCUT2D eigenvalue weighted by molar-refractivity contribution is -0.137. The van der Waals surface area contributed by atoms with Gasteiger partial charge >= 0.3 is 17.9 Å². The molecule has 0 aliphatic carbocycles. The van der Waals surface area contributed by atoms with Crippen LogP contribution in [-0.4, -0.2) is 54.3 Å². The SMILES string of the molecule is COC(=O)C1=C(C)N=c2sc(=C3C(=O)N(CC(=O)O)c4ccccc43)c(=O)n2C1c1ccc(OC(C)=O)c(OC)c1. The Balaban J connectivity index is 1.79. The van der Waals surface area contributed by atoms with Crippen molar-refractivity contribution in [3.63, 3.8) is 0 Å². The van der Waals surface area contributed by atoms with Gasteiger partial charge in [-0.15, -0.1) is 0 Å². The van der Waals surface area contributed by atoms with Gasteiger partial charge in [-0.3, -0.25) is 28.6 Å². The van der Waals surface area contributed by atoms with Crippen molar-refractivity contribution in [1.29, 1.82) is 0 Å². The van der Waals surface area contributed by atoms with Crippen LogP contribution in [0.3, 0.4) is 0 Å². The van der Waals surface area contributed by atoms with E-state index in [0.29, 0.717) is 22.5 Å². The van der Waals surface area contributed by atoms with Crippen LogP contribution >= 0.6 is 11.3 Å². The first-order chi connectivity index (χ1) is 19.6. The normalized spacial score (nSPS) is 17.0. The molecule has 0 saturated carbocycles. The van der Waals surface area contributed by atoms with Gasteiger partial charge in [0.05, 0.1) is 42.8 Å². The largest absolute Gasteiger partial charge is 0.493 e. The van der Waals surface area contributed by atoms with Gasteiger partial charge < -0.3 is 19.3 Å². The third-order valence-corrected chi connectivity index (χ3v) is 7.66. The Morgan fingerprint density at radius 3 is 2.46 bits per heavy atom. The Morgan fingerprint density at radius 2 is 1.80 bits per heavy atom. The van der Waals surface area contributed by atoms with Gasteiger partial charge in [-0.1, -0.05) is 35.6 Å². The Bertz CT molecular complexity index is 1870. The fourth-order valence-corrected chi connectivity index (χ4v) is 6.08. The highest BCUT2D eigenvalue weighted by molar-refractivity contribution is 7.07. The minimum Gasteiger partial charge on any atom is -0.493 e. The second-order valence-electron chi connectivity index (χ2n) is 9.08. The Kier molecular flexibility index (Phi) is 7.05. The molecule has 2 aliphatic rings. The van der Waals surface area contributed by atoms with Crippen molar-refractivity contribution >= 4 is 46.4 Å². The number of allylic oxidation sites excluding steroid dienone is 1. The van der Waals surface area contributed by atoms with E-state index in [4.69, 9.17) is 14.2 Å². The minimum atomic E-state index is -1.21. The van der Waals surface area contributed by atoms with Crippen molar-refractivity contribution in [2.24, 2.45) is 4.99 Å². The number of esters is 2. The van der Waals surface area contributed by atoms with Crippen molar-refractivity contribution in [2.45, 2.75) is 19.9 Å². The molecule has 1 aromatic heterocycles. The third-order valence-electron chi connectivity index (χ3n) is 6.60. The number of anilines is 1. The first-order valence-electron chi connectivity index (χ1n) is 12.2. The van der Waals surface area contributed by atoms with Crippen LogP contribution in [-0.2, 0) is 23.9 Å². The molecule has 0 saturated heterocycles. The molecule has 12 nitrogen and oxygen atoms in total. The number of rotatable bonds is 6. The van der Waals surface area contributed by atoms with Crippen LogP contribution in [0.1, 0.15) is 31.0 Å². The van der Waals surface area contributed by atoms with Crippen LogP contribution in [0.25, 0.3) is 5.57 Å². The first-order valence-corrected chi connectivity index (χ1v) is 13.0. The van der Waals surface area contributed by atoms with Crippen LogP contribution in [0.4, 0.5) is 5.69 Å². The third kappa shape index (κ3) is 4.59. The topological polar surface area (TPSA) is 154 Å². The average Bonchev–Trinajstić information content (AvgIpc) is 3.39. The second-order valence-corrected chi connectivity index (χ2v) is 10.1. The number of hydrogen-bond donors (Lipinski definition) is 1. The number of nitrogens with zero attached hydrogens (tertiary/aromatic N) is 3. The maximum absolute atomic E-state index is 14.1. The summed E-state index contributed by atoms with van der Waals surface area (Å²) >= 11 is 0.957. The molecule has 1 N–H and O–H groups in total. The summed E-state index contributed by atoms with van der Waals surface area (Å²) in [4.78, 5) is 69.5. The first kappa shape index (κ1) is 27.5. The van der Waals surface area contributed by atoms with Crippen LogP contribution in [0.5, 0.6) is 11.5 Å². The van der Waals surface area contributed by atoms with Crippen molar-refractivity contribution in [3.8, 4) is 11.5 Å². The highest BCUT2D eigenvalue weighted by Crippen LogP contribution is 2.37. The number of aromatic nitrogens is 1. The molecule has 5 rings (SSSR count). The molecular formula is C28H23N3O9S. The molecule has 1 amide bonds. The van der Waals surface area contributed by atoms with Crippen LogP contribution in [0.2, 0.25) is 0 Å². The molecule has 0 fully saturated rings. The lowest BCUT2D eigenvalue weighted by atomic mass is 9.95. The molecule has 0 radical (unpaired) electrons. The molecule has 0 spiro atoms. The minimum absolute atomic E-state index is 0.0431. The average molecular weight is 578 g/mol. The number of carbonyl (C=O) groups is 4. The number of carboxylic acid groups (broad SMARTS) is 1. The summed E-state index contributed by atoms with van der Waals surface area (Å²) in [7, 11) is 2.59. The van der Waals surface area contributed by atoms with Gasteiger partial charge in [-0.05, 0) is 30.7 Å². The fraction of sp³-hybridized carbons (Fsp3) is 0.214. The Labute approximate surface area is 236 Å². The van der Waals surface area contributed by atoms with E-state index >= 15 is 0 Å². The van der Waals surface area contributed by atoms with Gasteiger partial charge in [0.25, 0.3) is 11.5 Å². The van der Waals surface area contributed by atoms with Gasteiger partial charge in [-0.2, -0.15) is 0 Å². The summed E-state index contributed by atoms with van der Waals surface area (Å²) in [6, 6.07) is 10.2. The number of ether oxygens (including phenoxy) is 3. The van der Waals surface area contributed by atoms with Crippen LogP contribution in [0, 0.1) is 0 Å². The summed E-state index contributed by atoms with van der Waals surface area (Å²) in [5, 5.41) is 9.40. The monoisotopic (exact) mass is 577 g/mol. The number of para-hydroxylation sites is 1. The highest BCUT2D eigenvalue weighted by atomic mass is 32.1. The zero-order chi connectivity index (χ0) is 29.6. The summed E-state index contributed by atoms with van der Waals surface area (Å²) < 4.78 is 17.0. The second kappa shape index (κ2) is 10.5. The summed E-state index contributed by atoms with van der Waals surface area (Å²) in [6.45, 7) is 2.27. The summed E-state index contributed by atoms with van der Waals surface area (Å²) in [5.41, 5.74) is 1.04. The number of benzene rings is 2. The number of methoxy groups -OCH3 is 2. The summed E-state index contributed by atoms with van der Waals surface area (Å²) in [6.07, 6.45) is 0. The smallest absolute Gasteiger partial charge is 0.338 e. The molecule has 13 heteroatoms. The lowest BCUT2D eigenvalue weighted by Gasteiger charge is -2.25. The number of amides is 1.